The molecule has 2 aromatic carbocycles. The highest BCUT2D eigenvalue weighted by molar-refractivity contribution is 7.80. The lowest BCUT2D eigenvalue weighted by molar-refractivity contribution is -0.122. The molecule has 1 N–H and O–H groups in total. The first-order valence-electron chi connectivity index (χ1n) is 9.34. The topological polar surface area (TPSA) is 52.7 Å². The molecular weight excluding hydrogens is 406 g/mol. The summed E-state index contributed by atoms with van der Waals surface area (Å²) < 4.78 is 0. The lowest BCUT2D eigenvalue weighted by Gasteiger charge is -2.29. The lowest BCUT2D eigenvalue weighted by Crippen LogP contribution is -2.47. The summed E-state index contributed by atoms with van der Waals surface area (Å²) in [6, 6.07) is 13.9. The Balaban J connectivity index is 1.80. The van der Waals surface area contributed by atoms with Gasteiger partial charge in [-0.3, -0.25) is 9.59 Å². The van der Waals surface area contributed by atoms with E-state index in [9.17, 15) is 9.59 Å². The quantitative estimate of drug-likeness (QED) is 0.420. The van der Waals surface area contributed by atoms with Crippen molar-refractivity contribution in [3.8, 4) is 0 Å². The van der Waals surface area contributed by atoms with Crippen LogP contribution in [0.25, 0.3) is 0 Å². The third kappa shape index (κ3) is 4.66. The van der Waals surface area contributed by atoms with Crippen molar-refractivity contribution in [2.24, 2.45) is 0 Å². The fourth-order valence-corrected chi connectivity index (χ4v) is 3.68. The molecule has 2 amide bonds. The molecule has 0 bridgehead atoms. The van der Waals surface area contributed by atoms with Crippen molar-refractivity contribution in [1.29, 1.82) is 0 Å². The van der Waals surface area contributed by atoms with Gasteiger partial charge in [-0.25, -0.2) is 4.90 Å². The van der Waals surface area contributed by atoms with E-state index in [-0.39, 0.29) is 18.2 Å². The second-order valence-electron chi connectivity index (χ2n) is 6.69. The van der Waals surface area contributed by atoms with Gasteiger partial charge >= 0.3 is 0 Å². The van der Waals surface area contributed by atoms with E-state index in [0.29, 0.717) is 22.4 Å². The summed E-state index contributed by atoms with van der Waals surface area (Å²) in [5, 5.41) is 4.07. The van der Waals surface area contributed by atoms with Gasteiger partial charge in [-0.2, -0.15) is 0 Å². The van der Waals surface area contributed by atoms with Gasteiger partial charge in [0.25, 0.3) is 5.91 Å². The molecule has 0 aliphatic carbocycles. The van der Waals surface area contributed by atoms with Gasteiger partial charge in [-0.15, -0.1) is 6.58 Å². The second-order valence-corrected chi connectivity index (χ2v) is 7.51. The predicted octanol–water partition coefficient (Wildman–Crippen LogP) is 4.42. The van der Waals surface area contributed by atoms with Crippen LogP contribution < -0.4 is 10.2 Å². The Kier molecular flexibility index (Phi) is 6.67. The molecule has 1 atom stereocenters. The van der Waals surface area contributed by atoms with Crippen LogP contribution in [0, 0.1) is 0 Å². The van der Waals surface area contributed by atoms with E-state index in [0.717, 1.165) is 17.7 Å². The molecule has 0 unspecified atom stereocenters. The molecule has 1 fully saturated rings. The summed E-state index contributed by atoms with van der Waals surface area (Å²) in [4.78, 5) is 28.7. The van der Waals surface area contributed by atoms with Crippen LogP contribution in [-0.4, -0.2) is 34.4 Å². The summed E-state index contributed by atoms with van der Waals surface area (Å²) in [6.45, 7) is 6.15. The van der Waals surface area contributed by atoms with E-state index < -0.39 is 6.04 Å². The monoisotopic (exact) mass is 427 g/mol. The Bertz CT molecular complexity index is 928. The number of nitrogens with one attached hydrogen (secondary N) is 1. The van der Waals surface area contributed by atoms with Crippen LogP contribution in [0.2, 0.25) is 5.02 Å². The van der Waals surface area contributed by atoms with Crippen LogP contribution in [-0.2, 0) is 16.0 Å². The summed E-state index contributed by atoms with van der Waals surface area (Å²) in [5.74, 6) is -0.533. The van der Waals surface area contributed by atoms with Crippen molar-refractivity contribution in [3.63, 3.8) is 0 Å². The smallest absolute Gasteiger partial charge is 0.257 e. The lowest BCUT2D eigenvalue weighted by atomic mass is 10.1. The van der Waals surface area contributed by atoms with Crippen molar-refractivity contribution in [1.82, 2.24) is 4.90 Å². The maximum Gasteiger partial charge on any atom is 0.257 e. The highest BCUT2D eigenvalue weighted by Crippen LogP contribution is 2.27. The number of hydrogen-bond donors (Lipinski definition) is 1. The number of halogens is 1. The van der Waals surface area contributed by atoms with Gasteiger partial charge in [0.05, 0.1) is 12.1 Å². The van der Waals surface area contributed by atoms with Crippen molar-refractivity contribution in [2.75, 3.05) is 16.8 Å². The van der Waals surface area contributed by atoms with Gasteiger partial charge in [0, 0.05) is 17.3 Å². The van der Waals surface area contributed by atoms with E-state index in [1.165, 1.54) is 4.90 Å². The zero-order valence-electron chi connectivity index (χ0n) is 16.1. The molecule has 0 saturated carbocycles. The minimum absolute atomic E-state index is 0.0602. The molecule has 1 saturated heterocycles. The number of anilines is 2. The number of carbonyl (C=O) groups excluding carboxylic acids is 2. The largest absolute Gasteiger partial charge is 0.333 e. The summed E-state index contributed by atoms with van der Waals surface area (Å²) in [5.41, 5.74) is 2.47. The standard InChI is InChI=1S/C22H22ClN3O2S/c1-3-13-25(22(29)24-17-9-7-16(23)8-10-17)19-14-20(27)26(21(19)28)18-11-5-15(4-2)6-12-18/h3,5-12,19H,1,4,13-14H2,2H3,(H,24,29)/t19-/m1/s1. The average molecular weight is 428 g/mol. The van der Waals surface area contributed by atoms with E-state index in [4.69, 9.17) is 23.8 Å². The molecule has 2 aromatic rings. The summed E-state index contributed by atoms with van der Waals surface area (Å²) in [7, 11) is 0. The van der Waals surface area contributed by atoms with Crippen LogP contribution in [0.15, 0.2) is 61.2 Å². The maximum atomic E-state index is 13.1. The van der Waals surface area contributed by atoms with Crippen LogP contribution in [0.4, 0.5) is 11.4 Å². The Labute approximate surface area is 180 Å². The molecule has 1 heterocycles. The highest BCUT2D eigenvalue weighted by Gasteiger charge is 2.43. The third-order valence-electron chi connectivity index (χ3n) is 4.78. The van der Waals surface area contributed by atoms with Gasteiger partial charge in [0.15, 0.2) is 5.11 Å². The van der Waals surface area contributed by atoms with Crippen LogP contribution in [0.1, 0.15) is 18.9 Å². The number of rotatable bonds is 6. The molecule has 29 heavy (non-hydrogen) atoms. The van der Waals surface area contributed by atoms with E-state index in [1.807, 2.05) is 12.1 Å². The van der Waals surface area contributed by atoms with Crippen molar-refractivity contribution < 1.29 is 9.59 Å². The Morgan fingerprint density at radius 2 is 1.90 bits per heavy atom. The Morgan fingerprint density at radius 1 is 1.24 bits per heavy atom. The highest BCUT2D eigenvalue weighted by atomic mass is 35.5. The summed E-state index contributed by atoms with van der Waals surface area (Å²) >= 11 is 11.4. The van der Waals surface area contributed by atoms with Crippen molar-refractivity contribution in [2.45, 2.75) is 25.8 Å². The summed E-state index contributed by atoms with van der Waals surface area (Å²) in [6.07, 6.45) is 2.61. The average Bonchev–Trinajstić information content (AvgIpc) is 3.01. The zero-order chi connectivity index (χ0) is 21.0. The molecule has 0 spiro atoms. The van der Waals surface area contributed by atoms with E-state index >= 15 is 0 Å². The number of imide groups is 1. The molecule has 1 aliphatic heterocycles. The SMILES string of the molecule is C=CCN(C(=S)Nc1ccc(Cl)cc1)[C@@H]1CC(=O)N(c2ccc(CC)cc2)C1=O. The van der Waals surface area contributed by atoms with Gasteiger partial charge in [0.1, 0.15) is 6.04 Å². The van der Waals surface area contributed by atoms with E-state index in [2.05, 4.69) is 18.8 Å². The van der Waals surface area contributed by atoms with Gasteiger partial charge < -0.3 is 10.2 Å². The second kappa shape index (κ2) is 9.20. The first-order valence-corrected chi connectivity index (χ1v) is 10.1. The number of carbonyl (C=O) groups is 2. The molecule has 7 heteroatoms. The molecule has 150 valence electrons. The number of amides is 2. The molecular formula is C22H22ClN3O2S. The Hall–Kier alpha value is -2.70. The first-order chi connectivity index (χ1) is 13.9. The minimum Gasteiger partial charge on any atom is -0.333 e. The van der Waals surface area contributed by atoms with Gasteiger partial charge in [0.2, 0.25) is 5.91 Å². The molecule has 0 radical (unpaired) electrons. The fourth-order valence-electron chi connectivity index (χ4n) is 3.23. The number of aryl methyl sites for hydroxylation is 1. The van der Waals surface area contributed by atoms with Crippen LogP contribution in [0.5, 0.6) is 0 Å². The van der Waals surface area contributed by atoms with Crippen LogP contribution >= 0.6 is 23.8 Å². The minimum atomic E-state index is -0.682. The van der Waals surface area contributed by atoms with Gasteiger partial charge in [-0.1, -0.05) is 36.7 Å². The molecule has 3 rings (SSSR count). The predicted molar refractivity (Wildman–Crippen MR) is 121 cm³/mol. The number of nitrogens with zero attached hydrogens (tertiary/aromatic N) is 2. The Morgan fingerprint density at radius 3 is 2.48 bits per heavy atom. The van der Waals surface area contributed by atoms with E-state index in [1.54, 1.807) is 47.4 Å². The number of thiocarbonyl (C=S) groups is 1. The maximum absolute atomic E-state index is 13.1. The van der Waals surface area contributed by atoms with Crippen molar-refractivity contribution >= 4 is 52.1 Å². The van der Waals surface area contributed by atoms with Crippen LogP contribution in [0.3, 0.4) is 0 Å². The normalized spacial score (nSPS) is 16.1. The third-order valence-corrected chi connectivity index (χ3v) is 5.37. The van der Waals surface area contributed by atoms with Crippen molar-refractivity contribution in [3.05, 3.63) is 71.8 Å². The zero-order valence-corrected chi connectivity index (χ0v) is 17.7. The fraction of sp³-hybridized carbons (Fsp3) is 0.227. The molecule has 0 aromatic heterocycles. The number of benzene rings is 2. The first kappa shape index (κ1) is 21.0. The van der Waals surface area contributed by atoms with Gasteiger partial charge in [-0.05, 0) is 60.6 Å². The molecule has 1 aliphatic rings. The molecule has 5 nitrogen and oxygen atoms in total. The number of hydrogen-bond acceptors (Lipinski definition) is 3.